The molecule has 1 heterocycles. The topological polar surface area (TPSA) is 79.8 Å². The molecule has 0 aromatic heterocycles. The molecule has 0 spiro atoms. The first-order chi connectivity index (χ1) is 18.0. The minimum Gasteiger partial charge on any atom is -0.374 e. The molecule has 2 atom stereocenters. The Morgan fingerprint density at radius 2 is 1.71 bits per heavy atom. The number of nitrogens with zero attached hydrogens (tertiary/aromatic N) is 1. The van der Waals surface area contributed by atoms with Gasteiger partial charge in [0.1, 0.15) is 6.04 Å². The number of alkyl halides is 3. The molecule has 1 saturated carbocycles. The van der Waals surface area contributed by atoms with E-state index in [-0.39, 0.29) is 38.8 Å². The minimum atomic E-state index is -4.83. The summed E-state index contributed by atoms with van der Waals surface area (Å²) in [6.07, 6.45) is -3.61. The van der Waals surface area contributed by atoms with Crippen molar-refractivity contribution in [2.24, 2.45) is 5.16 Å². The van der Waals surface area contributed by atoms with E-state index in [1.807, 2.05) is 0 Å². The van der Waals surface area contributed by atoms with Gasteiger partial charge in [-0.3, -0.25) is 9.59 Å². The van der Waals surface area contributed by atoms with Crippen LogP contribution in [0.4, 0.5) is 13.2 Å². The summed E-state index contributed by atoms with van der Waals surface area (Å²) in [6, 6.07) is 12.9. The molecule has 0 bridgehead atoms. The highest BCUT2D eigenvalue weighted by Gasteiger charge is 2.62. The van der Waals surface area contributed by atoms with Crippen molar-refractivity contribution < 1.29 is 27.6 Å². The molecule has 198 valence electrons. The molecule has 3 aromatic carbocycles. The number of fused-ring (bicyclic) bond motifs is 1. The molecule has 1 aliphatic carbocycles. The van der Waals surface area contributed by atoms with Gasteiger partial charge in [0.05, 0.1) is 5.71 Å². The highest BCUT2D eigenvalue weighted by molar-refractivity contribution is 6.34. The second-order valence-electron chi connectivity index (χ2n) is 9.47. The fourth-order valence-electron chi connectivity index (χ4n) is 4.48. The zero-order valence-electron chi connectivity index (χ0n) is 20.0. The number of oxime groups is 1. The molecule has 11 heteroatoms. The van der Waals surface area contributed by atoms with Gasteiger partial charge in [-0.1, -0.05) is 58.7 Å². The fourth-order valence-corrected chi connectivity index (χ4v) is 5.00. The Kier molecular flexibility index (Phi) is 6.77. The first-order valence-corrected chi connectivity index (χ1v) is 12.7. The van der Waals surface area contributed by atoms with Crippen molar-refractivity contribution in [3.8, 4) is 0 Å². The third-order valence-corrected chi connectivity index (χ3v) is 7.10. The van der Waals surface area contributed by atoms with E-state index in [0.717, 1.165) is 25.0 Å². The molecular weight excluding hydrogens is 542 g/mol. The standard InChI is InChI=1S/C27H22Cl2F3N3O3/c1-14(24(36)34-18-6-7-18)33-25(37)22-9-8-21(19-4-2-3-5-20(19)22)23-13-26(38-35-23,27(30,31)32)15-10-16(28)12-17(29)11-15/h2-5,8-12,14,18H,6-7,13H2,1H3,(H,33,37)(H,34,36)/t14-,26?/m1/s1. The van der Waals surface area contributed by atoms with Gasteiger partial charge in [-0.2, -0.15) is 13.2 Å². The average molecular weight is 564 g/mol. The molecular formula is C27H22Cl2F3N3O3. The van der Waals surface area contributed by atoms with Crippen LogP contribution in [0.5, 0.6) is 0 Å². The van der Waals surface area contributed by atoms with Crippen molar-refractivity contribution in [2.75, 3.05) is 0 Å². The number of carbonyl (C=O) groups excluding carboxylic acids is 2. The molecule has 6 nitrogen and oxygen atoms in total. The number of hydrogen-bond donors (Lipinski definition) is 2. The Hall–Kier alpha value is -3.30. The van der Waals surface area contributed by atoms with Crippen LogP contribution in [-0.2, 0) is 15.2 Å². The predicted molar refractivity (Wildman–Crippen MR) is 138 cm³/mol. The molecule has 2 aliphatic rings. The maximum Gasteiger partial charge on any atom is 0.435 e. The van der Waals surface area contributed by atoms with E-state index >= 15 is 0 Å². The largest absolute Gasteiger partial charge is 0.435 e. The molecule has 1 fully saturated rings. The van der Waals surface area contributed by atoms with Gasteiger partial charge in [0, 0.05) is 39.2 Å². The van der Waals surface area contributed by atoms with E-state index in [1.165, 1.54) is 18.2 Å². The van der Waals surface area contributed by atoms with E-state index in [4.69, 9.17) is 28.0 Å². The van der Waals surface area contributed by atoms with Crippen molar-refractivity contribution >= 4 is 51.5 Å². The Morgan fingerprint density at radius 3 is 2.34 bits per heavy atom. The van der Waals surface area contributed by atoms with Crippen LogP contribution in [0.3, 0.4) is 0 Å². The zero-order chi connectivity index (χ0) is 27.2. The lowest BCUT2D eigenvalue weighted by atomic mass is 9.85. The molecule has 1 unspecified atom stereocenters. The lowest BCUT2D eigenvalue weighted by molar-refractivity contribution is -0.275. The normalized spacial score (nSPS) is 20.0. The van der Waals surface area contributed by atoms with Gasteiger partial charge < -0.3 is 15.5 Å². The first kappa shape index (κ1) is 26.3. The number of carbonyl (C=O) groups is 2. The van der Waals surface area contributed by atoms with E-state index in [2.05, 4.69) is 15.8 Å². The van der Waals surface area contributed by atoms with Gasteiger partial charge in [-0.15, -0.1) is 0 Å². The zero-order valence-corrected chi connectivity index (χ0v) is 21.5. The molecule has 3 aromatic rings. The third-order valence-electron chi connectivity index (χ3n) is 6.66. The van der Waals surface area contributed by atoms with E-state index in [0.29, 0.717) is 16.3 Å². The summed E-state index contributed by atoms with van der Waals surface area (Å²) in [5, 5.41) is 10.5. The maximum atomic E-state index is 14.4. The lowest BCUT2D eigenvalue weighted by Crippen LogP contribution is -2.45. The summed E-state index contributed by atoms with van der Waals surface area (Å²) in [5.41, 5.74) is -2.33. The average Bonchev–Trinajstić information content (AvgIpc) is 3.55. The first-order valence-electron chi connectivity index (χ1n) is 11.9. The van der Waals surface area contributed by atoms with Crippen LogP contribution in [0.2, 0.25) is 10.0 Å². The smallest absolute Gasteiger partial charge is 0.374 e. The van der Waals surface area contributed by atoms with Gasteiger partial charge in [0.25, 0.3) is 11.5 Å². The van der Waals surface area contributed by atoms with Crippen molar-refractivity contribution in [3.63, 3.8) is 0 Å². The molecule has 5 rings (SSSR count). The summed E-state index contributed by atoms with van der Waals surface area (Å²) in [4.78, 5) is 30.5. The fraction of sp³-hybridized carbons (Fsp3) is 0.296. The number of hydrogen-bond acceptors (Lipinski definition) is 4. The molecule has 2 amide bonds. The Bertz CT molecular complexity index is 1450. The van der Waals surface area contributed by atoms with Gasteiger partial charge >= 0.3 is 6.18 Å². The predicted octanol–water partition coefficient (Wildman–Crippen LogP) is 6.13. The van der Waals surface area contributed by atoms with Gasteiger partial charge in [-0.05, 0) is 54.8 Å². The van der Waals surface area contributed by atoms with Crippen LogP contribution < -0.4 is 10.6 Å². The molecule has 38 heavy (non-hydrogen) atoms. The van der Waals surface area contributed by atoms with E-state index in [1.54, 1.807) is 31.2 Å². The van der Waals surface area contributed by atoms with Gasteiger partial charge in [0.2, 0.25) is 5.91 Å². The summed E-state index contributed by atoms with van der Waals surface area (Å²) >= 11 is 12.0. The quantitative estimate of drug-likeness (QED) is 0.379. The summed E-state index contributed by atoms with van der Waals surface area (Å²) in [7, 11) is 0. The van der Waals surface area contributed by atoms with Crippen molar-refractivity contribution in [1.82, 2.24) is 10.6 Å². The van der Waals surface area contributed by atoms with Crippen LogP contribution in [0.25, 0.3) is 10.8 Å². The number of benzene rings is 3. The number of halogens is 5. The molecule has 0 radical (unpaired) electrons. The van der Waals surface area contributed by atoms with Crippen LogP contribution in [0.1, 0.15) is 47.7 Å². The van der Waals surface area contributed by atoms with Crippen LogP contribution in [0.15, 0.2) is 59.8 Å². The Balaban J connectivity index is 1.47. The highest BCUT2D eigenvalue weighted by Crippen LogP contribution is 2.50. The number of rotatable bonds is 6. The summed E-state index contributed by atoms with van der Waals surface area (Å²) < 4.78 is 43.3. The molecule has 2 N–H and O–H groups in total. The molecule has 0 saturated heterocycles. The van der Waals surface area contributed by atoms with Crippen molar-refractivity contribution in [1.29, 1.82) is 0 Å². The Labute approximate surface area is 226 Å². The van der Waals surface area contributed by atoms with Crippen LogP contribution in [0, 0.1) is 0 Å². The van der Waals surface area contributed by atoms with E-state index in [9.17, 15) is 22.8 Å². The Morgan fingerprint density at radius 1 is 1.05 bits per heavy atom. The lowest BCUT2D eigenvalue weighted by Gasteiger charge is -2.29. The van der Waals surface area contributed by atoms with Crippen LogP contribution in [-0.4, -0.2) is 35.8 Å². The van der Waals surface area contributed by atoms with Crippen molar-refractivity contribution in [3.05, 3.63) is 81.3 Å². The van der Waals surface area contributed by atoms with Gasteiger partial charge in [-0.25, -0.2) is 0 Å². The highest BCUT2D eigenvalue weighted by atomic mass is 35.5. The minimum absolute atomic E-state index is 0.0361. The number of amides is 2. The maximum absolute atomic E-state index is 14.4. The van der Waals surface area contributed by atoms with Crippen LogP contribution >= 0.6 is 23.2 Å². The summed E-state index contributed by atoms with van der Waals surface area (Å²) in [6.45, 7) is 1.59. The van der Waals surface area contributed by atoms with Gasteiger partial charge in [0.15, 0.2) is 0 Å². The monoisotopic (exact) mass is 563 g/mol. The molecule has 1 aliphatic heterocycles. The second kappa shape index (κ2) is 9.78. The second-order valence-corrected chi connectivity index (χ2v) is 10.3. The summed E-state index contributed by atoms with van der Waals surface area (Å²) in [5.74, 6) is -0.752. The van der Waals surface area contributed by atoms with E-state index < -0.39 is 30.1 Å². The third kappa shape index (κ3) is 4.92. The van der Waals surface area contributed by atoms with Crippen molar-refractivity contribution in [2.45, 2.75) is 50.0 Å². The SMILES string of the molecule is C[C@@H](NC(=O)c1ccc(C2=NOC(c3cc(Cl)cc(Cl)c3)(C(F)(F)F)C2)c2ccccc12)C(=O)NC1CC1. The number of nitrogens with one attached hydrogen (secondary N) is 2.